The summed E-state index contributed by atoms with van der Waals surface area (Å²) in [4.78, 5) is 0. The molecule has 1 aliphatic rings. The van der Waals surface area contributed by atoms with Gasteiger partial charge in [0.15, 0.2) is 0 Å². The van der Waals surface area contributed by atoms with Gasteiger partial charge in [-0.3, -0.25) is 0 Å². The van der Waals surface area contributed by atoms with Gasteiger partial charge >= 0.3 is 0 Å². The van der Waals surface area contributed by atoms with Crippen molar-refractivity contribution >= 4 is 15.9 Å². The Kier molecular flexibility index (Phi) is 3.08. The molecule has 0 aromatic heterocycles. The van der Waals surface area contributed by atoms with Gasteiger partial charge in [-0.15, -0.1) is 0 Å². The Morgan fingerprint density at radius 3 is 2.86 bits per heavy atom. The third-order valence-electron chi connectivity index (χ3n) is 2.40. The van der Waals surface area contributed by atoms with Gasteiger partial charge in [-0.25, -0.2) is 0 Å². The average molecular weight is 256 g/mol. The Labute approximate surface area is 92.6 Å². The number of rotatable bonds is 4. The molecule has 1 aromatic carbocycles. The highest BCUT2D eigenvalue weighted by Crippen LogP contribution is 2.32. The van der Waals surface area contributed by atoms with Crippen molar-refractivity contribution in [3.8, 4) is 5.75 Å². The van der Waals surface area contributed by atoms with Crippen LogP contribution in [0.3, 0.4) is 0 Å². The molecule has 0 radical (unpaired) electrons. The van der Waals surface area contributed by atoms with Gasteiger partial charge in [-0.05, 0) is 52.4 Å². The second kappa shape index (κ2) is 4.32. The summed E-state index contributed by atoms with van der Waals surface area (Å²) < 4.78 is 6.71. The number of nitrogens with two attached hydrogens (primary N) is 1. The minimum atomic E-state index is 0.563. The Morgan fingerprint density at radius 1 is 1.43 bits per heavy atom. The number of hydrogen-bond acceptors (Lipinski definition) is 2. The van der Waals surface area contributed by atoms with E-state index in [0.717, 1.165) is 28.3 Å². The molecule has 3 heteroatoms. The van der Waals surface area contributed by atoms with E-state index in [2.05, 4.69) is 15.9 Å². The molecule has 0 saturated heterocycles. The maximum absolute atomic E-state index is 5.70. The van der Waals surface area contributed by atoms with Crippen molar-refractivity contribution in [2.45, 2.75) is 19.4 Å². The van der Waals surface area contributed by atoms with Gasteiger partial charge in [0.1, 0.15) is 5.75 Å². The summed E-state index contributed by atoms with van der Waals surface area (Å²) in [6.07, 6.45) is 2.63. The smallest absolute Gasteiger partial charge is 0.133 e. The molecule has 0 unspecified atom stereocenters. The van der Waals surface area contributed by atoms with Crippen LogP contribution in [0, 0.1) is 5.92 Å². The fraction of sp³-hybridized carbons (Fsp3) is 0.455. The minimum absolute atomic E-state index is 0.563. The van der Waals surface area contributed by atoms with E-state index in [-0.39, 0.29) is 0 Å². The van der Waals surface area contributed by atoms with E-state index in [1.807, 2.05) is 18.2 Å². The zero-order valence-corrected chi connectivity index (χ0v) is 9.59. The topological polar surface area (TPSA) is 35.2 Å². The molecule has 0 amide bonds. The van der Waals surface area contributed by atoms with Crippen LogP contribution < -0.4 is 10.5 Å². The van der Waals surface area contributed by atoms with Crippen LogP contribution in [0.25, 0.3) is 0 Å². The van der Waals surface area contributed by atoms with Crippen molar-refractivity contribution in [1.82, 2.24) is 0 Å². The van der Waals surface area contributed by atoms with Gasteiger partial charge in [0, 0.05) is 6.54 Å². The molecule has 14 heavy (non-hydrogen) atoms. The summed E-state index contributed by atoms with van der Waals surface area (Å²) in [6, 6.07) is 6.00. The first kappa shape index (κ1) is 9.99. The molecular formula is C11H14BrNO. The lowest BCUT2D eigenvalue weighted by atomic mass is 10.2. The zero-order valence-electron chi connectivity index (χ0n) is 8.00. The van der Waals surface area contributed by atoms with Crippen molar-refractivity contribution < 1.29 is 4.74 Å². The van der Waals surface area contributed by atoms with Crippen molar-refractivity contribution in [2.75, 3.05) is 6.61 Å². The van der Waals surface area contributed by atoms with Gasteiger partial charge in [0.05, 0.1) is 11.1 Å². The molecule has 1 fully saturated rings. The normalized spacial score (nSPS) is 15.6. The predicted octanol–water partition coefficient (Wildman–Crippen LogP) is 2.70. The van der Waals surface area contributed by atoms with Crippen molar-refractivity contribution in [3.05, 3.63) is 28.2 Å². The van der Waals surface area contributed by atoms with E-state index in [1.54, 1.807) is 0 Å². The molecule has 0 spiro atoms. The molecule has 0 bridgehead atoms. The maximum Gasteiger partial charge on any atom is 0.133 e. The fourth-order valence-corrected chi connectivity index (χ4v) is 1.64. The number of hydrogen-bond donors (Lipinski definition) is 1. The van der Waals surface area contributed by atoms with Crippen molar-refractivity contribution in [3.63, 3.8) is 0 Å². The Hall–Kier alpha value is -0.540. The molecule has 1 aliphatic carbocycles. The Balaban J connectivity index is 2.04. The lowest BCUT2D eigenvalue weighted by Gasteiger charge is -2.08. The van der Waals surface area contributed by atoms with Crippen LogP contribution in [0.1, 0.15) is 18.4 Å². The minimum Gasteiger partial charge on any atom is -0.492 e. The van der Waals surface area contributed by atoms with Crippen LogP contribution in [0.4, 0.5) is 0 Å². The van der Waals surface area contributed by atoms with Crippen LogP contribution >= 0.6 is 15.9 Å². The number of ether oxygens (including phenoxy) is 1. The van der Waals surface area contributed by atoms with E-state index in [1.165, 1.54) is 12.8 Å². The predicted molar refractivity (Wildman–Crippen MR) is 60.3 cm³/mol. The van der Waals surface area contributed by atoms with E-state index >= 15 is 0 Å². The van der Waals surface area contributed by atoms with Crippen LogP contribution in [-0.4, -0.2) is 6.61 Å². The highest BCUT2D eigenvalue weighted by molar-refractivity contribution is 9.10. The molecule has 0 heterocycles. The van der Waals surface area contributed by atoms with Crippen molar-refractivity contribution in [1.29, 1.82) is 0 Å². The highest BCUT2D eigenvalue weighted by Gasteiger charge is 2.22. The van der Waals surface area contributed by atoms with E-state index in [9.17, 15) is 0 Å². The van der Waals surface area contributed by atoms with Crippen molar-refractivity contribution in [2.24, 2.45) is 11.7 Å². The molecule has 2 rings (SSSR count). The maximum atomic E-state index is 5.70. The largest absolute Gasteiger partial charge is 0.492 e. The van der Waals surface area contributed by atoms with E-state index in [0.29, 0.717) is 6.54 Å². The van der Waals surface area contributed by atoms with E-state index < -0.39 is 0 Å². The molecular weight excluding hydrogens is 242 g/mol. The molecule has 0 aliphatic heterocycles. The lowest BCUT2D eigenvalue weighted by molar-refractivity contribution is 0.297. The first-order valence-corrected chi connectivity index (χ1v) is 5.70. The zero-order chi connectivity index (χ0) is 9.97. The van der Waals surface area contributed by atoms with Crippen LogP contribution in [0.15, 0.2) is 22.7 Å². The van der Waals surface area contributed by atoms with Gasteiger partial charge in [-0.2, -0.15) is 0 Å². The highest BCUT2D eigenvalue weighted by atomic mass is 79.9. The van der Waals surface area contributed by atoms with Crippen LogP contribution in [-0.2, 0) is 6.54 Å². The molecule has 76 valence electrons. The number of halogens is 1. The molecule has 1 saturated carbocycles. The van der Waals surface area contributed by atoms with Crippen LogP contribution in [0.5, 0.6) is 5.75 Å². The molecule has 2 N–H and O–H groups in total. The quantitative estimate of drug-likeness (QED) is 0.898. The van der Waals surface area contributed by atoms with Gasteiger partial charge in [0.25, 0.3) is 0 Å². The first-order chi connectivity index (χ1) is 6.79. The molecule has 2 nitrogen and oxygen atoms in total. The third-order valence-corrected chi connectivity index (χ3v) is 3.06. The molecule has 0 atom stereocenters. The summed E-state index contributed by atoms with van der Waals surface area (Å²) in [5, 5.41) is 0. The second-order valence-corrected chi connectivity index (χ2v) is 4.58. The second-order valence-electron chi connectivity index (χ2n) is 3.72. The SMILES string of the molecule is NCc1ccc(Br)c(OCC2CC2)c1. The Morgan fingerprint density at radius 2 is 2.21 bits per heavy atom. The van der Waals surface area contributed by atoms with Gasteiger partial charge < -0.3 is 10.5 Å². The third kappa shape index (κ3) is 2.49. The molecule has 1 aromatic rings. The standard InChI is InChI=1S/C11H14BrNO/c12-10-4-3-9(6-13)5-11(10)14-7-8-1-2-8/h3-5,8H,1-2,6-7,13H2. The first-order valence-electron chi connectivity index (χ1n) is 4.91. The summed E-state index contributed by atoms with van der Waals surface area (Å²) >= 11 is 3.46. The summed E-state index contributed by atoms with van der Waals surface area (Å²) in [6.45, 7) is 1.40. The average Bonchev–Trinajstić information content (AvgIpc) is 3.00. The van der Waals surface area contributed by atoms with Crippen LogP contribution in [0.2, 0.25) is 0 Å². The summed E-state index contributed by atoms with van der Waals surface area (Å²) in [5.74, 6) is 1.70. The monoisotopic (exact) mass is 255 g/mol. The van der Waals surface area contributed by atoms with E-state index in [4.69, 9.17) is 10.5 Å². The Bertz CT molecular complexity index is 323. The van der Waals surface area contributed by atoms with Gasteiger partial charge in [0.2, 0.25) is 0 Å². The summed E-state index contributed by atoms with van der Waals surface area (Å²) in [5.41, 5.74) is 6.68. The summed E-state index contributed by atoms with van der Waals surface area (Å²) in [7, 11) is 0. The fourth-order valence-electron chi connectivity index (χ4n) is 1.28. The lowest BCUT2D eigenvalue weighted by Crippen LogP contribution is -2.01. The number of benzene rings is 1. The van der Waals surface area contributed by atoms with Gasteiger partial charge in [-0.1, -0.05) is 6.07 Å².